The third-order valence-corrected chi connectivity index (χ3v) is 5.19. The van der Waals surface area contributed by atoms with Crippen molar-refractivity contribution >= 4 is 16.9 Å². The van der Waals surface area contributed by atoms with E-state index in [1.54, 1.807) is 0 Å². The van der Waals surface area contributed by atoms with Gasteiger partial charge >= 0.3 is 0 Å². The molecular weight excluding hydrogens is 266 g/mol. The van der Waals surface area contributed by atoms with E-state index in [9.17, 15) is 4.55 Å². The maximum atomic E-state index is 12.8. The molecule has 2 aromatic rings. The molecule has 3 heteroatoms. The highest BCUT2D eigenvalue weighted by Gasteiger charge is 2.21. The number of hydrogen-bond donors (Lipinski definition) is 1. The third kappa shape index (κ3) is 2.84. The summed E-state index contributed by atoms with van der Waals surface area (Å²) >= 11 is -1.16. The summed E-state index contributed by atoms with van der Waals surface area (Å²) < 4.78 is 12.8. The van der Waals surface area contributed by atoms with Crippen LogP contribution < -0.4 is 5.73 Å². The molecule has 20 heavy (non-hydrogen) atoms. The van der Waals surface area contributed by atoms with Gasteiger partial charge in [-0.05, 0) is 43.5 Å². The van der Waals surface area contributed by atoms with Crippen LogP contribution in [0.25, 0.3) is 0 Å². The van der Waals surface area contributed by atoms with E-state index in [1.807, 2.05) is 50.2 Å². The van der Waals surface area contributed by atoms with Crippen LogP contribution in [0.2, 0.25) is 0 Å². The van der Waals surface area contributed by atoms with Crippen LogP contribution >= 0.6 is 0 Å². The monoisotopic (exact) mass is 287 g/mol. The Balaban J connectivity index is 2.52. The summed E-state index contributed by atoms with van der Waals surface area (Å²) in [7, 11) is 0. The molecule has 0 bridgehead atoms. The first-order valence-electron chi connectivity index (χ1n) is 6.79. The molecule has 0 saturated heterocycles. The van der Waals surface area contributed by atoms with Gasteiger partial charge in [-0.15, -0.1) is 0 Å². The first-order chi connectivity index (χ1) is 9.41. The van der Waals surface area contributed by atoms with Crippen molar-refractivity contribution < 1.29 is 4.55 Å². The van der Waals surface area contributed by atoms with Crippen molar-refractivity contribution in [1.29, 1.82) is 0 Å². The molecule has 0 amide bonds. The van der Waals surface area contributed by atoms with Crippen LogP contribution in [0.4, 0.5) is 5.69 Å². The number of nitrogen functional groups attached to an aromatic ring is 1. The minimum Gasteiger partial charge on any atom is -0.606 e. The molecule has 0 aliphatic carbocycles. The van der Waals surface area contributed by atoms with Gasteiger partial charge in [-0.3, -0.25) is 0 Å². The van der Waals surface area contributed by atoms with Gasteiger partial charge in [-0.1, -0.05) is 32.0 Å². The zero-order valence-corrected chi connectivity index (χ0v) is 13.3. The van der Waals surface area contributed by atoms with Crippen molar-refractivity contribution in [3.63, 3.8) is 0 Å². The summed E-state index contributed by atoms with van der Waals surface area (Å²) in [6.07, 6.45) is 0. The second-order valence-corrected chi connectivity index (χ2v) is 6.85. The predicted octanol–water partition coefficient (Wildman–Crippen LogP) is 4.18. The summed E-state index contributed by atoms with van der Waals surface area (Å²) in [5, 5.41) is 0. The lowest BCUT2D eigenvalue weighted by atomic mass is 10.00. The number of rotatable bonds is 3. The highest BCUT2D eigenvalue weighted by molar-refractivity contribution is 7.91. The molecule has 0 radical (unpaired) electrons. The number of aryl methyl sites for hydroxylation is 2. The Labute approximate surface area is 124 Å². The lowest BCUT2D eigenvalue weighted by molar-refractivity contribution is 0.593. The minimum atomic E-state index is -1.16. The third-order valence-electron chi connectivity index (χ3n) is 3.50. The molecule has 0 spiro atoms. The van der Waals surface area contributed by atoms with Gasteiger partial charge in [0.15, 0.2) is 9.79 Å². The van der Waals surface area contributed by atoms with Gasteiger partial charge in [0.2, 0.25) is 0 Å². The Bertz CT molecular complexity index is 622. The maximum Gasteiger partial charge on any atom is 0.161 e. The fraction of sp³-hybridized carbons (Fsp3) is 0.294. The summed E-state index contributed by atoms with van der Waals surface area (Å²) in [5.74, 6) is 0.322. The number of nitrogens with two attached hydrogens (primary N) is 1. The number of anilines is 1. The molecule has 0 aliphatic heterocycles. The van der Waals surface area contributed by atoms with Crippen molar-refractivity contribution in [1.82, 2.24) is 0 Å². The predicted molar refractivity (Wildman–Crippen MR) is 85.5 cm³/mol. The molecule has 2 nitrogen and oxygen atoms in total. The average molecular weight is 287 g/mol. The van der Waals surface area contributed by atoms with E-state index in [0.29, 0.717) is 5.92 Å². The van der Waals surface area contributed by atoms with Crippen molar-refractivity contribution in [3.05, 3.63) is 53.1 Å². The SMILES string of the molecule is Cc1ccccc1[S+]([O-])c1cc(C(C)C)c(N)cc1C. The average Bonchev–Trinajstić information content (AvgIpc) is 2.38. The van der Waals surface area contributed by atoms with Crippen molar-refractivity contribution in [2.75, 3.05) is 5.73 Å². The van der Waals surface area contributed by atoms with Gasteiger partial charge in [0, 0.05) is 28.0 Å². The standard InChI is InChI=1S/C17H21NOS/c1-11(2)14-10-17(13(4)9-15(14)18)20(19)16-8-6-5-7-12(16)3/h5-11H,18H2,1-4H3. The normalized spacial score (nSPS) is 12.7. The van der Waals surface area contributed by atoms with E-state index in [0.717, 1.165) is 32.2 Å². The highest BCUT2D eigenvalue weighted by Crippen LogP contribution is 2.32. The largest absolute Gasteiger partial charge is 0.606 e. The lowest BCUT2D eigenvalue weighted by Gasteiger charge is -2.17. The zero-order chi connectivity index (χ0) is 14.9. The second-order valence-electron chi connectivity index (χ2n) is 5.44. The van der Waals surface area contributed by atoms with Crippen molar-refractivity contribution in [2.24, 2.45) is 0 Å². The van der Waals surface area contributed by atoms with Crippen LogP contribution in [0.1, 0.15) is 36.5 Å². The van der Waals surface area contributed by atoms with Gasteiger partial charge in [0.05, 0.1) is 0 Å². The Hall–Kier alpha value is -1.45. The smallest absolute Gasteiger partial charge is 0.161 e. The van der Waals surface area contributed by atoms with Crippen LogP contribution in [0.5, 0.6) is 0 Å². The summed E-state index contributed by atoms with van der Waals surface area (Å²) in [6, 6.07) is 11.7. The Morgan fingerprint density at radius 1 is 1.00 bits per heavy atom. The molecule has 1 unspecified atom stereocenters. The molecule has 106 valence electrons. The maximum absolute atomic E-state index is 12.8. The Morgan fingerprint density at radius 2 is 1.65 bits per heavy atom. The van der Waals surface area contributed by atoms with Gasteiger partial charge in [-0.25, -0.2) is 0 Å². The molecule has 0 saturated carbocycles. The topological polar surface area (TPSA) is 49.1 Å². The Morgan fingerprint density at radius 3 is 2.25 bits per heavy atom. The van der Waals surface area contributed by atoms with Crippen LogP contribution in [-0.4, -0.2) is 4.55 Å². The van der Waals surface area contributed by atoms with Gasteiger partial charge in [0.1, 0.15) is 0 Å². The highest BCUT2D eigenvalue weighted by atomic mass is 32.2. The van der Waals surface area contributed by atoms with Crippen LogP contribution in [0.15, 0.2) is 46.2 Å². The Kier molecular flexibility index (Phi) is 4.41. The van der Waals surface area contributed by atoms with E-state index >= 15 is 0 Å². The van der Waals surface area contributed by atoms with E-state index in [4.69, 9.17) is 5.73 Å². The molecule has 0 heterocycles. The summed E-state index contributed by atoms with van der Waals surface area (Å²) in [5.41, 5.74) is 9.93. The first-order valence-corrected chi connectivity index (χ1v) is 7.94. The van der Waals surface area contributed by atoms with E-state index in [-0.39, 0.29) is 0 Å². The molecule has 0 aliphatic rings. The molecule has 0 aromatic heterocycles. The second kappa shape index (κ2) is 5.90. The van der Waals surface area contributed by atoms with Crippen molar-refractivity contribution in [2.45, 2.75) is 43.4 Å². The van der Waals surface area contributed by atoms with E-state index in [1.165, 1.54) is 0 Å². The van der Waals surface area contributed by atoms with Gasteiger partial charge < -0.3 is 10.3 Å². The summed E-state index contributed by atoms with van der Waals surface area (Å²) in [6.45, 7) is 8.15. The minimum absolute atomic E-state index is 0.322. The lowest BCUT2D eigenvalue weighted by Crippen LogP contribution is -2.08. The quantitative estimate of drug-likeness (QED) is 0.680. The van der Waals surface area contributed by atoms with Crippen LogP contribution in [0, 0.1) is 13.8 Å². The van der Waals surface area contributed by atoms with Crippen LogP contribution in [-0.2, 0) is 11.2 Å². The molecule has 2 rings (SSSR count). The van der Waals surface area contributed by atoms with Crippen LogP contribution in [0.3, 0.4) is 0 Å². The number of benzene rings is 2. The molecule has 0 fully saturated rings. The fourth-order valence-corrected chi connectivity index (χ4v) is 3.69. The first kappa shape index (κ1) is 14.9. The van der Waals surface area contributed by atoms with E-state index < -0.39 is 11.2 Å². The molecular formula is C17H21NOS. The van der Waals surface area contributed by atoms with E-state index in [2.05, 4.69) is 13.8 Å². The fourth-order valence-electron chi connectivity index (χ4n) is 2.31. The molecule has 2 aromatic carbocycles. The summed E-state index contributed by atoms with van der Waals surface area (Å²) in [4.78, 5) is 1.73. The van der Waals surface area contributed by atoms with Crippen molar-refractivity contribution in [3.8, 4) is 0 Å². The number of hydrogen-bond acceptors (Lipinski definition) is 2. The zero-order valence-electron chi connectivity index (χ0n) is 12.4. The molecule has 1 atom stereocenters. The van der Waals surface area contributed by atoms with Gasteiger partial charge in [0.25, 0.3) is 0 Å². The molecule has 2 N–H and O–H groups in total. The van der Waals surface area contributed by atoms with Gasteiger partial charge in [-0.2, -0.15) is 0 Å².